The molecule has 11 heteroatoms. The summed E-state index contributed by atoms with van der Waals surface area (Å²) in [6.07, 6.45) is -3.63. The highest BCUT2D eigenvalue weighted by Crippen LogP contribution is 2.36. The molecule has 24 heavy (non-hydrogen) atoms. The molecular formula is C13H10F3N7O. The number of aromatic amines is 1. The van der Waals surface area contributed by atoms with Gasteiger partial charge in [0.15, 0.2) is 0 Å². The molecule has 1 aromatic carbocycles. The summed E-state index contributed by atoms with van der Waals surface area (Å²) in [6, 6.07) is 4.97. The molecule has 2 rings (SSSR count). The maximum absolute atomic E-state index is 13.2. The number of benzene rings is 1. The standard InChI is InChI=1S/C13H10F3N7O/c1-7(24)19-9-2-3-11(10(4-9)13(14,15)16)18-6-8(5-17)12-20-22-23-21-12/h2-4,6,18H,1H3,(H,19,24)(H,20,21,22,23). The first-order chi connectivity index (χ1) is 11.3. The summed E-state index contributed by atoms with van der Waals surface area (Å²) in [5.41, 5.74) is -1.41. The van der Waals surface area contributed by atoms with Gasteiger partial charge >= 0.3 is 6.18 Å². The van der Waals surface area contributed by atoms with E-state index in [9.17, 15) is 18.0 Å². The minimum atomic E-state index is -4.66. The molecule has 0 bridgehead atoms. The van der Waals surface area contributed by atoms with Gasteiger partial charge in [-0.3, -0.25) is 4.79 Å². The number of nitrogens with one attached hydrogen (secondary N) is 3. The Bertz CT molecular complexity index is 806. The van der Waals surface area contributed by atoms with Crippen molar-refractivity contribution in [2.45, 2.75) is 13.1 Å². The predicted molar refractivity (Wildman–Crippen MR) is 77.1 cm³/mol. The van der Waals surface area contributed by atoms with E-state index in [-0.39, 0.29) is 22.8 Å². The second-order valence-electron chi connectivity index (χ2n) is 4.49. The van der Waals surface area contributed by atoms with E-state index < -0.39 is 17.6 Å². The highest BCUT2D eigenvalue weighted by molar-refractivity contribution is 5.89. The van der Waals surface area contributed by atoms with Crippen LogP contribution in [0.4, 0.5) is 24.5 Å². The van der Waals surface area contributed by atoms with Crippen LogP contribution in [0.2, 0.25) is 0 Å². The van der Waals surface area contributed by atoms with Crippen molar-refractivity contribution in [1.82, 2.24) is 20.6 Å². The Balaban J connectivity index is 2.36. The van der Waals surface area contributed by atoms with Crippen molar-refractivity contribution in [3.8, 4) is 6.07 Å². The molecule has 0 saturated carbocycles. The molecule has 0 radical (unpaired) electrons. The Kier molecular flexibility index (Phi) is 4.78. The van der Waals surface area contributed by atoms with Crippen LogP contribution in [-0.2, 0) is 11.0 Å². The molecule has 0 unspecified atom stereocenters. The zero-order chi connectivity index (χ0) is 17.7. The third-order valence-corrected chi connectivity index (χ3v) is 2.72. The fraction of sp³-hybridized carbons (Fsp3) is 0.154. The summed E-state index contributed by atoms with van der Waals surface area (Å²) in [5.74, 6) is -0.555. The zero-order valence-corrected chi connectivity index (χ0v) is 12.1. The van der Waals surface area contributed by atoms with Gasteiger partial charge in [0.25, 0.3) is 0 Å². The number of rotatable bonds is 4. The van der Waals surface area contributed by atoms with Crippen LogP contribution < -0.4 is 10.6 Å². The number of anilines is 2. The fourth-order valence-electron chi connectivity index (χ4n) is 1.76. The SMILES string of the molecule is CC(=O)Nc1ccc(NC=C(C#N)c2nn[nH]n2)c(C(F)(F)F)c1. The van der Waals surface area contributed by atoms with E-state index in [2.05, 4.69) is 31.3 Å². The summed E-state index contributed by atoms with van der Waals surface area (Å²) in [7, 11) is 0. The van der Waals surface area contributed by atoms with Gasteiger partial charge in [0.1, 0.15) is 11.6 Å². The number of aromatic nitrogens is 4. The van der Waals surface area contributed by atoms with Gasteiger partial charge in [0.05, 0.1) is 11.3 Å². The monoisotopic (exact) mass is 337 g/mol. The average molecular weight is 337 g/mol. The lowest BCUT2D eigenvalue weighted by atomic mass is 10.1. The quantitative estimate of drug-likeness (QED) is 0.736. The molecule has 0 aliphatic carbocycles. The molecule has 0 saturated heterocycles. The molecule has 2 aromatic rings. The number of tetrazole rings is 1. The van der Waals surface area contributed by atoms with Crippen molar-refractivity contribution in [3.63, 3.8) is 0 Å². The smallest absolute Gasteiger partial charge is 0.360 e. The number of carbonyl (C=O) groups excluding carboxylic acids is 1. The van der Waals surface area contributed by atoms with E-state index in [1.807, 2.05) is 0 Å². The number of nitrogens with zero attached hydrogens (tertiary/aromatic N) is 4. The number of alkyl halides is 3. The number of hydrogen-bond acceptors (Lipinski definition) is 6. The van der Waals surface area contributed by atoms with Gasteiger partial charge in [-0.15, -0.1) is 10.2 Å². The third-order valence-electron chi connectivity index (χ3n) is 2.72. The molecule has 0 spiro atoms. The van der Waals surface area contributed by atoms with E-state index in [4.69, 9.17) is 5.26 Å². The molecule has 0 aliphatic heterocycles. The topological polar surface area (TPSA) is 119 Å². The van der Waals surface area contributed by atoms with Gasteiger partial charge < -0.3 is 10.6 Å². The van der Waals surface area contributed by atoms with E-state index in [0.717, 1.165) is 18.3 Å². The van der Waals surface area contributed by atoms with Gasteiger partial charge in [-0.25, -0.2) is 0 Å². The molecule has 0 aliphatic rings. The Hall–Kier alpha value is -3.42. The minimum Gasteiger partial charge on any atom is -0.360 e. The Morgan fingerprint density at radius 2 is 2.17 bits per heavy atom. The fourth-order valence-corrected chi connectivity index (χ4v) is 1.76. The number of hydrogen-bond donors (Lipinski definition) is 3. The highest BCUT2D eigenvalue weighted by atomic mass is 19.4. The molecule has 0 fully saturated rings. The first-order valence-corrected chi connectivity index (χ1v) is 6.40. The lowest BCUT2D eigenvalue weighted by Crippen LogP contribution is -2.11. The van der Waals surface area contributed by atoms with Gasteiger partial charge in [0, 0.05) is 18.8 Å². The number of halogens is 3. The second-order valence-corrected chi connectivity index (χ2v) is 4.49. The summed E-state index contributed by atoms with van der Waals surface area (Å²) in [5, 5.41) is 26.2. The maximum atomic E-state index is 13.2. The number of H-pyrrole nitrogens is 1. The van der Waals surface area contributed by atoms with Crippen LogP contribution in [0.5, 0.6) is 0 Å². The van der Waals surface area contributed by atoms with Crippen molar-refractivity contribution in [1.29, 1.82) is 5.26 Å². The van der Waals surface area contributed by atoms with Crippen molar-refractivity contribution < 1.29 is 18.0 Å². The number of carbonyl (C=O) groups is 1. The second kappa shape index (κ2) is 6.78. The van der Waals surface area contributed by atoms with Gasteiger partial charge in [-0.05, 0) is 23.4 Å². The van der Waals surface area contributed by atoms with Crippen molar-refractivity contribution in [2.24, 2.45) is 0 Å². The highest BCUT2D eigenvalue weighted by Gasteiger charge is 2.33. The Labute approximate surface area is 133 Å². The van der Waals surface area contributed by atoms with E-state index in [1.54, 1.807) is 6.07 Å². The molecule has 124 valence electrons. The Morgan fingerprint density at radius 1 is 1.42 bits per heavy atom. The number of amides is 1. The predicted octanol–water partition coefficient (Wildman–Crippen LogP) is 2.15. The third kappa shape index (κ3) is 4.07. The largest absolute Gasteiger partial charge is 0.418 e. The number of allylic oxidation sites excluding steroid dienone is 1. The van der Waals surface area contributed by atoms with Crippen LogP contribution in [0.3, 0.4) is 0 Å². The summed E-state index contributed by atoms with van der Waals surface area (Å²) >= 11 is 0. The average Bonchev–Trinajstić information content (AvgIpc) is 3.01. The molecule has 1 aromatic heterocycles. The van der Waals surface area contributed by atoms with Gasteiger partial charge in [0.2, 0.25) is 11.7 Å². The lowest BCUT2D eigenvalue weighted by molar-refractivity contribution is -0.137. The normalized spacial score (nSPS) is 11.7. The minimum absolute atomic E-state index is 0.00280. The van der Waals surface area contributed by atoms with Crippen LogP contribution in [0.15, 0.2) is 24.4 Å². The first-order valence-electron chi connectivity index (χ1n) is 6.40. The van der Waals surface area contributed by atoms with Crippen LogP contribution in [0.25, 0.3) is 5.57 Å². The van der Waals surface area contributed by atoms with Crippen molar-refractivity contribution in [2.75, 3.05) is 10.6 Å². The van der Waals surface area contributed by atoms with Crippen LogP contribution in [-0.4, -0.2) is 26.5 Å². The number of nitriles is 1. The molecule has 1 heterocycles. The maximum Gasteiger partial charge on any atom is 0.418 e. The van der Waals surface area contributed by atoms with E-state index in [1.165, 1.54) is 13.0 Å². The van der Waals surface area contributed by atoms with Crippen LogP contribution in [0, 0.1) is 11.3 Å². The van der Waals surface area contributed by atoms with E-state index in [0.29, 0.717) is 0 Å². The molecule has 1 amide bonds. The zero-order valence-electron chi connectivity index (χ0n) is 12.1. The van der Waals surface area contributed by atoms with Gasteiger partial charge in [-0.2, -0.15) is 23.6 Å². The molecule has 3 N–H and O–H groups in total. The molecule has 0 atom stereocenters. The van der Waals surface area contributed by atoms with Crippen LogP contribution >= 0.6 is 0 Å². The summed E-state index contributed by atoms with van der Waals surface area (Å²) < 4.78 is 39.5. The van der Waals surface area contributed by atoms with Crippen molar-refractivity contribution >= 4 is 22.9 Å². The van der Waals surface area contributed by atoms with Crippen LogP contribution in [0.1, 0.15) is 18.3 Å². The van der Waals surface area contributed by atoms with E-state index >= 15 is 0 Å². The Morgan fingerprint density at radius 3 is 2.71 bits per heavy atom. The van der Waals surface area contributed by atoms with Gasteiger partial charge in [-0.1, -0.05) is 0 Å². The van der Waals surface area contributed by atoms with Crippen molar-refractivity contribution in [3.05, 3.63) is 35.8 Å². The summed E-state index contributed by atoms with van der Waals surface area (Å²) in [6.45, 7) is 1.19. The molecular weight excluding hydrogens is 327 g/mol. The summed E-state index contributed by atoms with van der Waals surface area (Å²) in [4.78, 5) is 11.0. The molecule has 8 nitrogen and oxygen atoms in total. The first kappa shape index (κ1) is 16.9. The lowest BCUT2D eigenvalue weighted by Gasteiger charge is -2.14.